The van der Waals surface area contributed by atoms with Crippen LogP contribution in [0.15, 0.2) is 194 Å². The molecule has 0 amide bonds. The van der Waals surface area contributed by atoms with Crippen molar-refractivity contribution in [1.82, 2.24) is 9.80 Å². The van der Waals surface area contributed by atoms with Crippen molar-refractivity contribution in [3.05, 3.63) is 239 Å². The van der Waals surface area contributed by atoms with Gasteiger partial charge in [-0.15, -0.1) is 0 Å². The summed E-state index contributed by atoms with van der Waals surface area (Å²) in [7, 11) is 11.8. The molecular weight excluding hydrogens is 1410 g/mol. The van der Waals surface area contributed by atoms with E-state index in [-0.39, 0.29) is 51.1 Å². The van der Waals surface area contributed by atoms with Crippen molar-refractivity contribution in [2.75, 3.05) is 88.5 Å². The number of ketones is 2. The molecule has 0 unspecified atom stereocenters. The van der Waals surface area contributed by atoms with Crippen LogP contribution in [0.2, 0.25) is 0 Å². The number of aromatic hydroxyl groups is 1. The Kier molecular flexibility index (Phi) is 34.8. The molecule has 0 aliphatic carbocycles. The summed E-state index contributed by atoms with van der Waals surface area (Å²) < 4.78 is 40.0. The maximum absolute atomic E-state index is 13.0. The van der Waals surface area contributed by atoms with Crippen LogP contribution >= 0.6 is 40.0 Å². The van der Waals surface area contributed by atoms with Crippen molar-refractivity contribution in [1.29, 1.82) is 0 Å². The Bertz CT molecular complexity index is 3490. The van der Waals surface area contributed by atoms with Gasteiger partial charge in [-0.3, -0.25) is 9.59 Å². The molecule has 0 fully saturated rings. The standard InChI is InChI=1S/C39H45NO5.C35H37NO5.2CH4.2HI.V/c1-6-8-25-44-37-23-18-32(27-38(37)42-5)36(41)28-45-34-21-16-31(17-22-34)39(35(7-2)29-12-10-9-11-13-29)30-14-19-33(20-15-30)43-26-24-40(3)4;1-5-31(25-9-7-6-8-10-25)35(26-11-16-29(17-12-26)40-22-21-36(2)3)27-13-18-30(19-14-27)41-24-33(38)28-15-20-32(37)34(23-28)39-4;;;;;/h9-23,27H,6-8,24-26,28H2,1-5H3;6-20,23,37H,5,21-22,24H2,1-4H3;2*1H4;2*1H;/q;;;;;;+2/p-2. The van der Waals surface area contributed by atoms with Crippen LogP contribution in [-0.4, -0.2) is 115 Å². The van der Waals surface area contributed by atoms with Gasteiger partial charge in [-0.2, -0.15) is 0 Å². The normalized spacial score (nSPS) is 11.1. The van der Waals surface area contributed by atoms with E-state index in [0.717, 1.165) is 83.7 Å². The molecule has 0 atom stereocenters. The summed E-state index contributed by atoms with van der Waals surface area (Å²) >= 11 is 4.74. The third-order valence-electron chi connectivity index (χ3n) is 14.2. The first-order chi connectivity index (χ1) is 43.2. The van der Waals surface area contributed by atoms with E-state index in [2.05, 4.69) is 155 Å². The Morgan fingerprint density at radius 3 is 1.10 bits per heavy atom. The first-order valence-corrected chi connectivity index (χ1v) is 38.7. The van der Waals surface area contributed by atoms with Crippen LogP contribution in [0.1, 0.15) is 115 Å². The summed E-state index contributed by atoms with van der Waals surface area (Å²) in [4.78, 5) is 29.9. The van der Waals surface area contributed by atoms with Crippen LogP contribution in [0, 0.1) is 0 Å². The Morgan fingerprint density at radius 2 is 0.758 bits per heavy atom. The SMILES string of the molecule is C.C.CCC(=C(c1ccc(OCCN(C)C)cc1)c1ccc(OCC(=O)c2ccc(O)c(OC)c2)cc1)c1ccccc1.CCCCOc1ccc(C(=O)COc2ccc(C(=C(CC)c3ccccc3)c3ccc(OCCN(C)C)cc3)cc2)cc1OC.[I][V][I]. The molecule has 8 rings (SSSR count). The van der Waals surface area contributed by atoms with Gasteiger partial charge in [0.25, 0.3) is 0 Å². The Labute approximate surface area is 570 Å². The van der Waals surface area contributed by atoms with Gasteiger partial charge in [0.2, 0.25) is 0 Å². The zero-order valence-corrected chi connectivity index (χ0v) is 58.2. The van der Waals surface area contributed by atoms with Crippen LogP contribution < -0.4 is 33.2 Å². The topological polar surface area (TPSA) is 125 Å². The Balaban J connectivity index is 0.000000366. The van der Waals surface area contributed by atoms with Gasteiger partial charge in [-0.1, -0.05) is 151 Å². The second-order valence-electron chi connectivity index (χ2n) is 21.0. The number of likely N-dealkylation sites (N-methyl/N-ethyl adjacent to an activating group) is 2. The van der Waals surface area contributed by atoms with Crippen LogP contribution in [0.3, 0.4) is 0 Å². The van der Waals surface area contributed by atoms with E-state index in [1.165, 1.54) is 41.5 Å². The van der Waals surface area contributed by atoms with E-state index in [1.54, 1.807) is 31.4 Å². The zero-order chi connectivity index (χ0) is 63.9. The summed E-state index contributed by atoms with van der Waals surface area (Å²) in [6, 6.07) is 63.0. The molecular formula is C76H90I2N2O10V. The number of Topliss-reactive ketones (excluding diaryl/α,β-unsaturated/α-hetero) is 2. The van der Waals surface area contributed by atoms with Gasteiger partial charge in [0.05, 0.1) is 20.8 Å². The number of halogens is 2. The fraction of sp³-hybridized carbons (Fsp3) is 0.289. The van der Waals surface area contributed by atoms with Gasteiger partial charge >= 0.3 is 49.4 Å². The first-order valence-electron chi connectivity index (χ1n) is 29.7. The number of carbonyl (C=O) groups is 2. The minimum atomic E-state index is -0.210. The molecule has 8 aromatic carbocycles. The number of allylic oxidation sites excluding steroid dienone is 2. The number of unbranched alkanes of at least 4 members (excludes halogenated alkanes) is 1. The van der Waals surface area contributed by atoms with Crippen LogP contribution in [0.25, 0.3) is 22.3 Å². The molecule has 0 aliphatic rings. The number of nitrogens with zero attached hydrogens (tertiary/aromatic N) is 2. The van der Waals surface area contributed by atoms with Crippen molar-refractivity contribution < 1.29 is 57.3 Å². The number of hydrogen-bond acceptors (Lipinski definition) is 12. The van der Waals surface area contributed by atoms with E-state index in [0.29, 0.717) is 63.4 Å². The summed E-state index contributed by atoms with van der Waals surface area (Å²) in [6.07, 6.45) is 3.71. The van der Waals surface area contributed by atoms with Crippen molar-refractivity contribution in [3.63, 3.8) is 0 Å². The molecule has 0 bridgehead atoms. The predicted octanol–water partition coefficient (Wildman–Crippen LogP) is 18.5. The van der Waals surface area contributed by atoms with E-state index < -0.39 is 0 Å². The van der Waals surface area contributed by atoms with Gasteiger partial charge < -0.3 is 48.1 Å². The monoisotopic (exact) mass is 1500 g/mol. The van der Waals surface area contributed by atoms with E-state index >= 15 is 0 Å². The number of phenols is 1. The number of hydrogen-bond donors (Lipinski definition) is 1. The number of phenolic OH excluding ortho intramolecular Hbond substituents is 1. The third kappa shape index (κ3) is 24.2. The molecule has 483 valence electrons. The number of methoxy groups -OCH3 is 2. The fourth-order valence-corrected chi connectivity index (χ4v) is 9.53. The zero-order valence-electron chi connectivity index (χ0n) is 52.5. The second kappa shape index (κ2) is 41.4. The van der Waals surface area contributed by atoms with Crippen molar-refractivity contribution in [2.45, 2.75) is 61.3 Å². The van der Waals surface area contributed by atoms with Crippen LogP contribution in [0.5, 0.6) is 46.0 Å². The molecule has 0 heterocycles. The minimum absolute atomic E-state index is 0. The van der Waals surface area contributed by atoms with Crippen molar-refractivity contribution in [2.24, 2.45) is 0 Å². The third-order valence-corrected chi connectivity index (χ3v) is 14.2. The summed E-state index contributed by atoms with van der Waals surface area (Å²) in [5, 5.41) is 9.79. The quantitative estimate of drug-likeness (QED) is 0.0199. The molecule has 1 N–H and O–H groups in total. The molecule has 91 heavy (non-hydrogen) atoms. The fourth-order valence-electron chi connectivity index (χ4n) is 9.53. The Hall–Kier alpha value is -7.06. The second-order valence-corrected chi connectivity index (χ2v) is 32.8. The summed E-state index contributed by atoms with van der Waals surface area (Å²) in [5.74, 6) is 3.97. The molecule has 0 radical (unpaired) electrons. The average molecular weight is 1500 g/mol. The van der Waals surface area contributed by atoms with E-state index in [4.69, 9.17) is 33.2 Å². The van der Waals surface area contributed by atoms with Crippen LogP contribution in [-0.2, 0) is 9.47 Å². The summed E-state index contributed by atoms with van der Waals surface area (Å²) in [5.41, 5.74) is 12.4. The molecule has 12 nitrogen and oxygen atoms in total. The maximum atomic E-state index is 13.0. The molecule has 0 spiro atoms. The van der Waals surface area contributed by atoms with Gasteiger partial charge in [0, 0.05) is 24.2 Å². The number of rotatable bonds is 30. The van der Waals surface area contributed by atoms with Crippen molar-refractivity contribution >= 4 is 73.8 Å². The molecule has 0 aliphatic heterocycles. The van der Waals surface area contributed by atoms with Crippen molar-refractivity contribution in [3.8, 4) is 46.0 Å². The molecule has 8 aromatic rings. The van der Waals surface area contributed by atoms with Crippen LogP contribution in [0.4, 0.5) is 0 Å². The molecule has 15 heteroatoms. The first kappa shape index (κ1) is 76.4. The molecule has 0 saturated heterocycles. The summed E-state index contributed by atoms with van der Waals surface area (Å²) in [6.45, 7) is 9.83. The van der Waals surface area contributed by atoms with E-state index in [9.17, 15) is 14.7 Å². The van der Waals surface area contributed by atoms with Gasteiger partial charge in [0.15, 0.2) is 47.8 Å². The number of ether oxygens (including phenoxy) is 7. The average Bonchev–Trinajstić information content (AvgIpc) is 2.63. The number of benzene rings is 8. The van der Waals surface area contributed by atoms with Gasteiger partial charge in [-0.25, -0.2) is 0 Å². The van der Waals surface area contributed by atoms with E-state index in [1.807, 2.05) is 101 Å². The van der Waals surface area contributed by atoms with Gasteiger partial charge in [-0.05, 0) is 188 Å². The van der Waals surface area contributed by atoms with Gasteiger partial charge in [0.1, 0.15) is 36.2 Å². The predicted molar refractivity (Wildman–Crippen MR) is 388 cm³/mol. The number of carbonyl (C=O) groups excluding carboxylic acids is 2. The molecule has 0 aromatic heterocycles. The Morgan fingerprint density at radius 1 is 0.418 bits per heavy atom. The molecule has 0 saturated carbocycles.